The molecule has 5 nitrogen and oxygen atoms in total. The Hall–Kier alpha value is -3.16. The van der Waals surface area contributed by atoms with Crippen molar-refractivity contribution in [3.05, 3.63) is 64.7 Å². The third-order valence-corrected chi connectivity index (χ3v) is 4.46. The molecule has 1 N–H and O–H groups in total. The molecule has 0 aliphatic carbocycles. The van der Waals surface area contributed by atoms with Crippen LogP contribution in [0.25, 0.3) is 0 Å². The molecule has 0 spiro atoms. The average Bonchev–Trinajstić information content (AvgIpc) is 2.93. The van der Waals surface area contributed by atoms with Gasteiger partial charge in [0, 0.05) is 11.3 Å². The summed E-state index contributed by atoms with van der Waals surface area (Å²) in [7, 11) is 0. The Bertz CT molecular complexity index is 953. The number of amides is 1. The predicted molar refractivity (Wildman–Crippen MR) is 93.9 cm³/mol. The summed E-state index contributed by atoms with van der Waals surface area (Å²) in [6, 6.07) is 9.05. The van der Waals surface area contributed by atoms with Crippen LogP contribution in [0.15, 0.2) is 42.5 Å². The van der Waals surface area contributed by atoms with Crippen LogP contribution in [-0.2, 0) is 26.9 Å². The van der Waals surface area contributed by atoms with Crippen molar-refractivity contribution in [1.29, 1.82) is 0 Å². The van der Waals surface area contributed by atoms with Crippen LogP contribution in [-0.4, -0.2) is 24.3 Å². The Balaban J connectivity index is 1.60. The molecule has 28 heavy (non-hydrogen) atoms. The number of rotatable bonds is 5. The van der Waals surface area contributed by atoms with Gasteiger partial charge in [-0.1, -0.05) is 18.2 Å². The molecule has 8 heteroatoms. The van der Waals surface area contributed by atoms with Crippen molar-refractivity contribution in [3.63, 3.8) is 0 Å². The van der Waals surface area contributed by atoms with E-state index in [4.69, 9.17) is 4.74 Å². The summed E-state index contributed by atoms with van der Waals surface area (Å²) in [5.41, 5.74) is 0.892. The maximum atomic E-state index is 12.7. The average molecular weight is 391 g/mol. The number of hydrogen-bond acceptors (Lipinski definition) is 4. The Morgan fingerprint density at radius 2 is 1.89 bits per heavy atom. The number of benzene rings is 2. The minimum Gasteiger partial charge on any atom is -0.457 e. The van der Waals surface area contributed by atoms with Gasteiger partial charge in [0.2, 0.25) is 5.91 Å². The molecule has 1 atom stereocenters. The maximum absolute atomic E-state index is 12.7. The van der Waals surface area contributed by atoms with Gasteiger partial charge in [0.1, 0.15) is 0 Å². The minimum absolute atomic E-state index is 0.142. The number of ketones is 1. The Kier molecular flexibility index (Phi) is 5.22. The number of nitrogens with one attached hydrogen (secondary N) is 1. The monoisotopic (exact) mass is 391 g/mol. The number of alkyl halides is 3. The lowest BCUT2D eigenvalue weighted by Crippen LogP contribution is -2.16. The maximum Gasteiger partial charge on any atom is 0.416 e. The zero-order valence-corrected chi connectivity index (χ0v) is 14.8. The fourth-order valence-electron chi connectivity index (χ4n) is 2.90. The first-order valence-electron chi connectivity index (χ1n) is 8.45. The van der Waals surface area contributed by atoms with Gasteiger partial charge in [-0.3, -0.25) is 14.4 Å². The van der Waals surface area contributed by atoms with Crippen molar-refractivity contribution in [2.75, 3.05) is 11.9 Å². The molecule has 146 valence electrons. The second-order valence-electron chi connectivity index (χ2n) is 6.47. The SMILES string of the molecule is C[C@H]1C(=O)Nc2ccc(C(=O)COC(=O)Cc3cccc(C(F)(F)F)c3)cc21. The van der Waals surface area contributed by atoms with Gasteiger partial charge in [-0.05, 0) is 42.3 Å². The number of fused-ring (bicyclic) bond motifs is 1. The van der Waals surface area contributed by atoms with Crippen molar-refractivity contribution in [2.24, 2.45) is 0 Å². The Morgan fingerprint density at radius 3 is 2.61 bits per heavy atom. The molecule has 2 aromatic rings. The van der Waals surface area contributed by atoms with Crippen LogP contribution in [0.5, 0.6) is 0 Å². The van der Waals surface area contributed by atoms with Crippen LogP contribution < -0.4 is 5.32 Å². The highest BCUT2D eigenvalue weighted by Crippen LogP contribution is 2.33. The van der Waals surface area contributed by atoms with E-state index in [9.17, 15) is 27.6 Å². The first-order chi connectivity index (χ1) is 13.1. The zero-order chi connectivity index (χ0) is 20.5. The first kappa shape index (κ1) is 19.6. The predicted octanol–water partition coefficient (Wildman–Crippen LogP) is 3.73. The highest BCUT2D eigenvalue weighted by molar-refractivity contribution is 6.05. The molecule has 0 aromatic heterocycles. The summed E-state index contributed by atoms with van der Waals surface area (Å²) in [5.74, 6) is -1.82. The topological polar surface area (TPSA) is 72.5 Å². The second kappa shape index (κ2) is 7.46. The third kappa shape index (κ3) is 4.21. The van der Waals surface area contributed by atoms with Gasteiger partial charge >= 0.3 is 12.1 Å². The number of hydrogen-bond donors (Lipinski definition) is 1. The molecule has 0 fully saturated rings. The molecule has 0 bridgehead atoms. The van der Waals surface area contributed by atoms with E-state index in [0.29, 0.717) is 11.3 Å². The zero-order valence-electron chi connectivity index (χ0n) is 14.8. The Labute approximate surface area is 158 Å². The largest absolute Gasteiger partial charge is 0.457 e. The van der Waals surface area contributed by atoms with E-state index < -0.39 is 30.1 Å². The third-order valence-electron chi connectivity index (χ3n) is 4.46. The molecule has 1 aliphatic rings. The highest BCUT2D eigenvalue weighted by atomic mass is 19.4. The van der Waals surface area contributed by atoms with E-state index in [1.165, 1.54) is 18.2 Å². The molecule has 1 heterocycles. The lowest BCUT2D eigenvalue weighted by atomic mass is 9.99. The quantitative estimate of drug-likeness (QED) is 0.623. The molecule has 1 amide bonds. The lowest BCUT2D eigenvalue weighted by Gasteiger charge is -2.09. The van der Waals surface area contributed by atoms with Crippen LogP contribution >= 0.6 is 0 Å². The summed E-state index contributed by atoms with van der Waals surface area (Å²) >= 11 is 0. The highest BCUT2D eigenvalue weighted by Gasteiger charge is 2.30. The molecule has 0 saturated heterocycles. The first-order valence-corrected chi connectivity index (χ1v) is 8.45. The standard InChI is InChI=1S/C20H16F3NO4/c1-11-15-9-13(5-6-16(15)24-19(11)27)17(25)10-28-18(26)8-12-3-2-4-14(7-12)20(21,22)23/h2-7,9,11H,8,10H2,1H3,(H,24,27)/t11-/m1/s1. The number of ether oxygens (including phenoxy) is 1. The summed E-state index contributed by atoms with van der Waals surface area (Å²) in [6.45, 7) is 1.18. The van der Waals surface area contributed by atoms with E-state index in [2.05, 4.69) is 5.32 Å². The number of halogens is 3. The van der Waals surface area contributed by atoms with Gasteiger partial charge in [-0.25, -0.2) is 0 Å². The van der Waals surface area contributed by atoms with Gasteiger partial charge in [0.15, 0.2) is 12.4 Å². The van der Waals surface area contributed by atoms with Crippen molar-refractivity contribution in [1.82, 2.24) is 0 Å². The van der Waals surface area contributed by atoms with Gasteiger partial charge in [0.05, 0.1) is 17.9 Å². The number of esters is 1. The Morgan fingerprint density at radius 1 is 1.14 bits per heavy atom. The molecule has 3 rings (SSSR count). The van der Waals surface area contributed by atoms with Crippen LogP contribution in [0.3, 0.4) is 0 Å². The summed E-state index contributed by atoms with van der Waals surface area (Å²) in [6.07, 6.45) is -4.88. The van der Waals surface area contributed by atoms with Crippen molar-refractivity contribution in [3.8, 4) is 0 Å². The molecule has 0 saturated carbocycles. The van der Waals surface area contributed by atoms with Crippen LogP contribution in [0.1, 0.15) is 39.9 Å². The summed E-state index contributed by atoms with van der Waals surface area (Å²) < 4.78 is 43.0. The molecule has 0 radical (unpaired) electrons. The fraction of sp³-hybridized carbons (Fsp3) is 0.250. The van der Waals surface area contributed by atoms with Crippen molar-refractivity contribution < 1.29 is 32.3 Å². The second-order valence-corrected chi connectivity index (χ2v) is 6.47. The number of carbonyl (C=O) groups excluding carboxylic acids is 3. The van der Waals surface area contributed by atoms with E-state index in [1.54, 1.807) is 19.1 Å². The molecular weight excluding hydrogens is 375 g/mol. The number of carbonyl (C=O) groups is 3. The molecule has 0 unspecified atom stereocenters. The van der Waals surface area contributed by atoms with Gasteiger partial charge in [0.25, 0.3) is 0 Å². The van der Waals surface area contributed by atoms with Crippen LogP contribution in [0.4, 0.5) is 18.9 Å². The molecule has 2 aromatic carbocycles. The summed E-state index contributed by atoms with van der Waals surface area (Å²) in [4.78, 5) is 35.8. The fourth-order valence-corrected chi connectivity index (χ4v) is 2.90. The smallest absolute Gasteiger partial charge is 0.416 e. The minimum atomic E-state index is -4.50. The molecule has 1 aliphatic heterocycles. The van der Waals surface area contributed by atoms with E-state index in [1.807, 2.05) is 0 Å². The van der Waals surface area contributed by atoms with Gasteiger partial charge in [-0.15, -0.1) is 0 Å². The lowest BCUT2D eigenvalue weighted by molar-refractivity contribution is -0.142. The number of anilines is 1. The summed E-state index contributed by atoms with van der Waals surface area (Å²) in [5, 5.41) is 2.69. The van der Waals surface area contributed by atoms with Crippen LogP contribution in [0.2, 0.25) is 0 Å². The van der Waals surface area contributed by atoms with E-state index >= 15 is 0 Å². The number of Topliss-reactive ketones (excluding diaryl/α,β-unsaturated/α-hetero) is 1. The normalized spacial score (nSPS) is 15.7. The van der Waals surface area contributed by atoms with Crippen molar-refractivity contribution >= 4 is 23.3 Å². The van der Waals surface area contributed by atoms with Crippen molar-refractivity contribution in [2.45, 2.75) is 25.4 Å². The van der Waals surface area contributed by atoms with Gasteiger partial charge < -0.3 is 10.1 Å². The van der Waals surface area contributed by atoms with E-state index in [0.717, 1.165) is 12.1 Å². The van der Waals surface area contributed by atoms with Gasteiger partial charge in [-0.2, -0.15) is 13.2 Å². The van der Waals surface area contributed by atoms with Crippen LogP contribution in [0, 0.1) is 0 Å². The molecular formula is C20H16F3NO4. The van der Waals surface area contributed by atoms with E-state index in [-0.39, 0.29) is 29.4 Å².